The highest BCUT2D eigenvalue weighted by Crippen LogP contribution is 2.30. The van der Waals surface area contributed by atoms with Crippen LogP contribution in [0.1, 0.15) is 18.9 Å². The number of hydrogen-bond donors (Lipinski definition) is 0. The molecule has 0 radical (unpaired) electrons. The fraction of sp³-hybridized carbons (Fsp3) is 0.409. The van der Waals surface area contributed by atoms with Crippen LogP contribution in [0.2, 0.25) is 0 Å². The number of piperazine rings is 1. The van der Waals surface area contributed by atoms with Gasteiger partial charge in [-0.1, -0.05) is 30.3 Å². The minimum atomic E-state index is -0.198. The third kappa shape index (κ3) is 3.64. The quantitative estimate of drug-likeness (QED) is 0.833. The molecule has 2 aliphatic rings. The number of carbonyl (C=O) groups is 1. The number of hydrogen-bond acceptors (Lipinski definition) is 3. The molecule has 1 atom stereocenters. The van der Waals surface area contributed by atoms with E-state index in [4.69, 9.17) is 0 Å². The molecule has 4 nitrogen and oxygen atoms in total. The number of anilines is 2. The van der Waals surface area contributed by atoms with Gasteiger partial charge >= 0.3 is 0 Å². The summed E-state index contributed by atoms with van der Waals surface area (Å²) in [6, 6.07) is 15.6. The van der Waals surface area contributed by atoms with Crippen molar-refractivity contribution in [1.29, 1.82) is 0 Å². The van der Waals surface area contributed by atoms with Crippen LogP contribution in [0.5, 0.6) is 0 Å². The summed E-state index contributed by atoms with van der Waals surface area (Å²) in [7, 11) is 0. The first-order valence-electron chi connectivity index (χ1n) is 9.75. The van der Waals surface area contributed by atoms with Gasteiger partial charge in [-0.25, -0.2) is 4.39 Å². The zero-order valence-corrected chi connectivity index (χ0v) is 15.8. The summed E-state index contributed by atoms with van der Waals surface area (Å²) in [5.41, 5.74) is 3.14. The number of benzene rings is 2. The maximum Gasteiger partial charge on any atom is 0.242 e. The predicted octanol–water partition coefficient (Wildman–Crippen LogP) is 3.32. The van der Waals surface area contributed by atoms with Crippen molar-refractivity contribution in [3.63, 3.8) is 0 Å². The summed E-state index contributed by atoms with van der Waals surface area (Å²) < 4.78 is 14.0. The molecule has 0 aromatic heterocycles. The Labute approximate surface area is 160 Å². The molecular formula is C22H26FN3O. The highest BCUT2D eigenvalue weighted by Gasteiger charge is 2.28. The van der Waals surface area contributed by atoms with Crippen molar-refractivity contribution >= 4 is 17.3 Å². The van der Waals surface area contributed by atoms with Gasteiger partial charge in [0.2, 0.25) is 5.91 Å². The molecule has 1 saturated heterocycles. The number of nitrogens with zero attached hydrogens (tertiary/aromatic N) is 3. The number of fused-ring (bicyclic) bond motifs is 1. The molecule has 0 N–H and O–H groups in total. The maximum atomic E-state index is 14.0. The van der Waals surface area contributed by atoms with Crippen LogP contribution in [0.15, 0.2) is 48.5 Å². The normalized spacial score (nSPS) is 19.8. The monoisotopic (exact) mass is 367 g/mol. The first-order valence-corrected chi connectivity index (χ1v) is 9.75. The van der Waals surface area contributed by atoms with Crippen molar-refractivity contribution in [2.45, 2.75) is 25.8 Å². The Kier molecular flexibility index (Phi) is 5.01. The lowest BCUT2D eigenvalue weighted by atomic mass is 9.96. The number of rotatable bonds is 3. The summed E-state index contributed by atoms with van der Waals surface area (Å²) in [4.78, 5) is 19.1. The van der Waals surface area contributed by atoms with Crippen LogP contribution < -0.4 is 9.80 Å². The third-order valence-corrected chi connectivity index (χ3v) is 5.80. The van der Waals surface area contributed by atoms with Crippen LogP contribution >= 0.6 is 0 Å². The molecule has 2 aromatic rings. The second kappa shape index (κ2) is 7.59. The molecule has 0 bridgehead atoms. The molecule has 2 heterocycles. The Morgan fingerprint density at radius 2 is 1.67 bits per heavy atom. The van der Waals surface area contributed by atoms with Gasteiger partial charge in [0, 0.05) is 37.9 Å². The second-order valence-electron chi connectivity index (χ2n) is 7.46. The van der Waals surface area contributed by atoms with E-state index in [-0.39, 0.29) is 11.7 Å². The molecule has 0 aliphatic carbocycles. The Balaban J connectivity index is 1.40. The number of amides is 1. The predicted molar refractivity (Wildman–Crippen MR) is 107 cm³/mol. The van der Waals surface area contributed by atoms with Gasteiger partial charge in [0.05, 0.1) is 12.2 Å². The summed E-state index contributed by atoms with van der Waals surface area (Å²) in [5, 5.41) is 0. The highest BCUT2D eigenvalue weighted by molar-refractivity contribution is 5.82. The van der Waals surface area contributed by atoms with E-state index < -0.39 is 0 Å². The molecule has 5 heteroatoms. The number of aryl methyl sites for hydroxylation is 1. The van der Waals surface area contributed by atoms with Crippen molar-refractivity contribution in [2.75, 3.05) is 42.5 Å². The minimum absolute atomic E-state index is 0.159. The van der Waals surface area contributed by atoms with Gasteiger partial charge in [-0.3, -0.25) is 4.79 Å². The van der Waals surface area contributed by atoms with Gasteiger partial charge in [0.1, 0.15) is 5.82 Å². The van der Waals surface area contributed by atoms with E-state index in [9.17, 15) is 9.18 Å². The average molecular weight is 367 g/mol. The van der Waals surface area contributed by atoms with Gasteiger partial charge < -0.3 is 14.7 Å². The van der Waals surface area contributed by atoms with Crippen LogP contribution in [0.4, 0.5) is 15.8 Å². The lowest BCUT2D eigenvalue weighted by Gasteiger charge is -2.40. The lowest BCUT2D eigenvalue weighted by Crippen LogP contribution is -2.53. The largest absolute Gasteiger partial charge is 0.366 e. The van der Waals surface area contributed by atoms with Crippen LogP contribution in [0, 0.1) is 5.82 Å². The fourth-order valence-electron chi connectivity index (χ4n) is 4.15. The molecule has 27 heavy (non-hydrogen) atoms. The first-order chi connectivity index (χ1) is 13.1. The van der Waals surface area contributed by atoms with E-state index in [1.165, 1.54) is 17.3 Å². The molecule has 1 fully saturated rings. The van der Waals surface area contributed by atoms with Gasteiger partial charge in [-0.15, -0.1) is 0 Å². The molecule has 2 aliphatic heterocycles. The van der Waals surface area contributed by atoms with Gasteiger partial charge in [-0.05, 0) is 43.5 Å². The Hall–Kier alpha value is -2.56. The van der Waals surface area contributed by atoms with Crippen molar-refractivity contribution in [3.05, 3.63) is 59.9 Å². The van der Waals surface area contributed by atoms with Crippen LogP contribution in [0.3, 0.4) is 0 Å². The van der Waals surface area contributed by atoms with E-state index in [1.807, 2.05) is 21.9 Å². The zero-order chi connectivity index (χ0) is 18.8. The summed E-state index contributed by atoms with van der Waals surface area (Å²) in [5.74, 6) is -0.0391. The molecule has 4 rings (SSSR count). The van der Waals surface area contributed by atoms with E-state index in [1.54, 1.807) is 12.1 Å². The van der Waals surface area contributed by atoms with E-state index in [0.29, 0.717) is 44.5 Å². The number of carbonyl (C=O) groups excluding carboxylic acids is 1. The molecule has 0 unspecified atom stereocenters. The summed E-state index contributed by atoms with van der Waals surface area (Å²) in [6.07, 6.45) is 2.15. The van der Waals surface area contributed by atoms with Gasteiger partial charge in [0.25, 0.3) is 0 Å². The third-order valence-electron chi connectivity index (χ3n) is 5.80. The SMILES string of the molecule is C[C@@H]1CCc2ccccc2N1CC(=O)N1CCN(c2ccccc2F)CC1. The highest BCUT2D eigenvalue weighted by atomic mass is 19.1. The molecule has 0 spiro atoms. The van der Waals surface area contributed by atoms with Crippen LogP contribution in [0.25, 0.3) is 0 Å². The molecule has 142 valence electrons. The Morgan fingerprint density at radius 1 is 1.00 bits per heavy atom. The zero-order valence-electron chi connectivity index (χ0n) is 15.8. The topological polar surface area (TPSA) is 26.8 Å². The maximum absolute atomic E-state index is 14.0. The molecule has 2 aromatic carbocycles. The Bertz CT molecular complexity index is 817. The molecular weight excluding hydrogens is 341 g/mol. The standard InChI is InChI=1S/C22H26FN3O/c1-17-10-11-18-6-2-4-8-20(18)26(17)16-22(27)25-14-12-24(13-15-25)21-9-5-3-7-19(21)23/h2-9,17H,10-16H2,1H3/t17-/m1/s1. The first kappa shape index (κ1) is 17.8. The Morgan fingerprint density at radius 3 is 2.41 bits per heavy atom. The van der Waals surface area contributed by atoms with Crippen molar-refractivity contribution in [3.8, 4) is 0 Å². The smallest absolute Gasteiger partial charge is 0.242 e. The second-order valence-corrected chi connectivity index (χ2v) is 7.46. The average Bonchev–Trinajstić information content (AvgIpc) is 2.70. The van der Waals surface area contributed by atoms with E-state index in [2.05, 4.69) is 30.0 Å². The molecule has 1 amide bonds. The van der Waals surface area contributed by atoms with Crippen molar-refractivity contribution < 1.29 is 9.18 Å². The van der Waals surface area contributed by atoms with E-state index in [0.717, 1.165) is 12.8 Å². The summed E-state index contributed by atoms with van der Waals surface area (Å²) >= 11 is 0. The number of halogens is 1. The van der Waals surface area contributed by atoms with Crippen molar-refractivity contribution in [2.24, 2.45) is 0 Å². The van der Waals surface area contributed by atoms with Crippen LogP contribution in [-0.2, 0) is 11.2 Å². The van der Waals surface area contributed by atoms with Crippen LogP contribution in [-0.4, -0.2) is 49.6 Å². The summed E-state index contributed by atoms with van der Waals surface area (Å²) in [6.45, 7) is 5.21. The number of para-hydroxylation sites is 2. The van der Waals surface area contributed by atoms with Crippen molar-refractivity contribution in [1.82, 2.24) is 4.90 Å². The molecule has 0 saturated carbocycles. The minimum Gasteiger partial charge on any atom is -0.366 e. The van der Waals surface area contributed by atoms with E-state index >= 15 is 0 Å². The lowest BCUT2D eigenvalue weighted by molar-refractivity contribution is -0.130. The van der Waals surface area contributed by atoms with Gasteiger partial charge in [-0.2, -0.15) is 0 Å². The van der Waals surface area contributed by atoms with Gasteiger partial charge in [0.15, 0.2) is 0 Å². The fourth-order valence-corrected chi connectivity index (χ4v) is 4.15.